The SMILES string of the molecule is CC(CCc1ccco1)NCc1cncn1C. The lowest BCUT2D eigenvalue weighted by atomic mass is 10.1. The zero-order valence-corrected chi connectivity index (χ0v) is 10.4. The first-order valence-corrected chi connectivity index (χ1v) is 5.96. The number of hydrogen-bond acceptors (Lipinski definition) is 3. The third kappa shape index (κ3) is 3.46. The molecule has 2 heterocycles. The summed E-state index contributed by atoms with van der Waals surface area (Å²) >= 11 is 0. The standard InChI is InChI=1S/C13H19N3O/c1-11(5-6-13-4-3-7-17-13)15-9-12-8-14-10-16(12)2/h3-4,7-8,10-11,15H,5-6,9H2,1-2H3. The van der Waals surface area contributed by atoms with Crippen LogP contribution in [0, 0.1) is 0 Å². The van der Waals surface area contributed by atoms with Crippen molar-refractivity contribution in [3.8, 4) is 0 Å². The summed E-state index contributed by atoms with van der Waals surface area (Å²) in [6.07, 6.45) is 7.50. The molecule has 4 nitrogen and oxygen atoms in total. The minimum Gasteiger partial charge on any atom is -0.469 e. The summed E-state index contributed by atoms with van der Waals surface area (Å²) in [5.41, 5.74) is 1.20. The average Bonchev–Trinajstić information content (AvgIpc) is 2.95. The van der Waals surface area contributed by atoms with E-state index in [9.17, 15) is 0 Å². The van der Waals surface area contributed by atoms with Crippen molar-refractivity contribution in [1.82, 2.24) is 14.9 Å². The highest BCUT2D eigenvalue weighted by molar-refractivity contribution is 4.99. The Bertz CT molecular complexity index is 433. The number of nitrogens with one attached hydrogen (secondary N) is 1. The van der Waals surface area contributed by atoms with Gasteiger partial charge in [-0.1, -0.05) is 0 Å². The van der Waals surface area contributed by atoms with Crippen molar-refractivity contribution in [3.63, 3.8) is 0 Å². The highest BCUT2D eigenvalue weighted by Gasteiger charge is 2.05. The molecule has 0 aromatic carbocycles. The van der Waals surface area contributed by atoms with Crippen molar-refractivity contribution < 1.29 is 4.42 Å². The topological polar surface area (TPSA) is 43.0 Å². The summed E-state index contributed by atoms with van der Waals surface area (Å²) in [7, 11) is 2.01. The molecule has 1 unspecified atom stereocenters. The van der Waals surface area contributed by atoms with Crippen LogP contribution in [0.5, 0.6) is 0 Å². The summed E-state index contributed by atoms with van der Waals surface area (Å²) < 4.78 is 7.35. The normalized spacial score (nSPS) is 12.8. The largest absolute Gasteiger partial charge is 0.469 e. The molecule has 0 aliphatic heterocycles. The van der Waals surface area contributed by atoms with E-state index in [0.29, 0.717) is 6.04 Å². The molecule has 0 fully saturated rings. The molecule has 0 saturated heterocycles. The second-order valence-corrected chi connectivity index (χ2v) is 4.40. The van der Waals surface area contributed by atoms with Crippen LogP contribution in [0.25, 0.3) is 0 Å². The number of nitrogens with zero attached hydrogens (tertiary/aromatic N) is 2. The van der Waals surface area contributed by atoms with Gasteiger partial charge < -0.3 is 14.3 Å². The van der Waals surface area contributed by atoms with E-state index in [2.05, 4.69) is 17.2 Å². The Hall–Kier alpha value is -1.55. The maximum absolute atomic E-state index is 5.31. The van der Waals surface area contributed by atoms with Gasteiger partial charge in [-0.3, -0.25) is 0 Å². The first-order valence-electron chi connectivity index (χ1n) is 5.96. The maximum atomic E-state index is 5.31. The minimum absolute atomic E-state index is 0.468. The Balaban J connectivity index is 1.71. The summed E-state index contributed by atoms with van der Waals surface area (Å²) in [5.74, 6) is 1.05. The summed E-state index contributed by atoms with van der Waals surface area (Å²) in [6.45, 7) is 3.05. The van der Waals surface area contributed by atoms with E-state index < -0.39 is 0 Å². The van der Waals surface area contributed by atoms with Crippen molar-refractivity contribution in [2.45, 2.75) is 32.4 Å². The van der Waals surface area contributed by atoms with Gasteiger partial charge in [0.2, 0.25) is 0 Å². The number of hydrogen-bond donors (Lipinski definition) is 1. The second kappa shape index (κ2) is 5.68. The predicted molar refractivity (Wildman–Crippen MR) is 66.5 cm³/mol. The van der Waals surface area contributed by atoms with Gasteiger partial charge in [0, 0.05) is 32.3 Å². The van der Waals surface area contributed by atoms with Crippen LogP contribution in [0.3, 0.4) is 0 Å². The molecule has 0 spiro atoms. The van der Waals surface area contributed by atoms with Crippen molar-refractivity contribution >= 4 is 0 Å². The molecule has 2 rings (SSSR count). The van der Waals surface area contributed by atoms with E-state index in [1.54, 1.807) is 6.26 Å². The van der Waals surface area contributed by atoms with Crippen LogP contribution in [-0.2, 0) is 20.0 Å². The fourth-order valence-corrected chi connectivity index (χ4v) is 1.75. The first-order chi connectivity index (χ1) is 8.25. The molecule has 0 bridgehead atoms. The lowest BCUT2D eigenvalue weighted by Crippen LogP contribution is -2.26. The van der Waals surface area contributed by atoms with Crippen molar-refractivity contribution in [2.24, 2.45) is 7.05 Å². The highest BCUT2D eigenvalue weighted by atomic mass is 16.3. The molecule has 0 aliphatic rings. The fraction of sp³-hybridized carbons (Fsp3) is 0.462. The Morgan fingerprint density at radius 2 is 2.41 bits per heavy atom. The average molecular weight is 233 g/mol. The van der Waals surface area contributed by atoms with Crippen LogP contribution in [0.15, 0.2) is 35.3 Å². The van der Waals surface area contributed by atoms with Crippen LogP contribution in [0.2, 0.25) is 0 Å². The molecule has 92 valence electrons. The Labute approximate surface area is 102 Å². The van der Waals surface area contributed by atoms with E-state index in [4.69, 9.17) is 4.42 Å². The Kier molecular flexibility index (Phi) is 3.98. The van der Waals surface area contributed by atoms with Gasteiger partial charge in [0.05, 0.1) is 18.3 Å². The quantitative estimate of drug-likeness (QED) is 0.831. The van der Waals surface area contributed by atoms with Crippen LogP contribution in [-0.4, -0.2) is 15.6 Å². The van der Waals surface area contributed by atoms with Gasteiger partial charge in [0.25, 0.3) is 0 Å². The van der Waals surface area contributed by atoms with Crippen LogP contribution in [0.1, 0.15) is 24.8 Å². The summed E-state index contributed by atoms with van der Waals surface area (Å²) in [4.78, 5) is 4.09. The monoisotopic (exact) mass is 233 g/mol. The van der Waals surface area contributed by atoms with Crippen molar-refractivity contribution in [1.29, 1.82) is 0 Å². The number of aromatic nitrogens is 2. The summed E-state index contributed by atoms with van der Waals surface area (Å²) in [5, 5.41) is 3.49. The van der Waals surface area contributed by atoms with Gasteiger partial charge in [-0.2, -0.15) is 0 Å². The van der Waals surface area contributed by atoms with Crippen LogP contribution < -0.4 is 5.32 Å². The van der Waals surface area contributed by atoms with Crippen LogP contribution in [0.4, 0.5) is 0 Å². The first kappa shape index (κ1) is 11.9. The van der Waals surface area contributed by atoms with E-state index in [1.807, 2.05) is 36.3 Å². The fourth-order valence-electron chi connectivity index (χ4n) is 1.75. The molecule has 1 N–H and O–H groups in total. The van der Waals surface area contributed by atoms with Crippen molar-refractivity contribution in [3.05, 3.63) is 42.4 Å². The molecule has 0 aliphatic carbocycles. The zero-order chi connectivity index (χ0) is 12.1. The highest BCUT2D eigenvalue weighted by Crippen LogP contribution is 2.06. The van der Waals surface area contributed by atoms with Crippen molar-refractivity contribution in [2.75, 3.05) is 0 Å². The number of imidazole rings is 1. The maximum Gasteiger partial charge on any atom is 0.103 e. The third-order valence-corrected chi connectivity index (χ3v) is 2.95. The van der Waals surface area contributed by atoms with Gasteiger partial charge in [-0.05, 0) is 25.5 Å². The molecule has 0 amide bonds. The lowest BCUT2D eigenvalue weighted by molar-refractivity contribution is 0.456. The Morgan fingerprint density at radius 1 is 1.53 bits per heavy atom. The van der Waals surface area contributed by atoms with E-state index in [1.165, 1.54) is 5.69 Å². The van der Waals surface area contributed by atoms with E-state index in [-0.39, 0.29) is 0 Å². The molecule has 0 radical (unpaired) electrons. The molecule has 0 saturated carbocycles. The van der Waals surface area contributed by atoms with Crippen LogP contribution >= 0.6 is 0 Å². The smallest absolute Gasteiger partial charge is 0.103 e. The summed E-state index contributed by atoms with van der Waals surface area (Å²) in [6, 6.07) is 4.42. The molecule has 17 heavy (non-hydrogen) atoms. The number of rotatable bonds is 6. The van der Waals surface area contributed by atoms with Gasteiger partial charge in [0.1, 0.15) is 5.76 Å². The minimum atomic E-state index is 0.468. The van der Waals surface area contributed by atoms with E-state index >= 15 is 0 Å². The molecule has 2 aromatic rings. The van der Waals surface area contributed by atoms with Gasteiger partial charge in [0.15, 0.2) is 0 Å². The molecular formula is C13H19N3O. The predicted octanol–water partition coefficient (Wildman–Crippen LogP) is 2.12. The number of aryl methyl sites for hydroxylation is 2. The van der Waals surface area contributed by atoms with Gasteiger partial charge >= 0.3 is 0 Å². The molecule has 1 atom stereocenters. The van der Waals surface area contributed by atoms with Gasteiger partial charge in [-0.25, -0.2) is 4.98 Å². The number of furan rings is 1. The Morgan fingerprint density at radius 3 is 3.06 bits per heavy atom. The molecule has 2 aromatic heterocycles. The van der Waals surface area contributed by atoms with Gasteiger partial charge in [-0.15, -0.1) is 0 Å². The lowest BCUT2D eigenvalue weighted by Gasteiger charge is -2.13. The second-order valence-electron chi connectivity index (χ2n) is 4.40. The third-order valence-electron chi connectivity index (χ3n) is 2.95. The molecule has 4 heteroatoms. The van der Waals surface area contributed by atoms with E-state index in [0.717, 1.165) is 25.1 Å². The molecular weight excluding hydrogens is 214 g/mol. The zero-order valence-electron chi connectivity index (χ0n) is 10.4.